The highest BCUT2D eigenvalue weighted by Gasteiger charge is 2.59. The van der Waals surface area contributed by atoms with Crippen molar-refractivity contribution in [3.63, 3.8) is 0 Å². The molecule has 0 bridgehead atoms. The molecule has 0 aromatic heterocycles. The van der Waals surface area contributed by atoms with Crippen molar-refractivity contribution in [2.24, 2.45) is 28.6 Å². The Balaban J connectivity index is 1.72. The number of carbonyl (C=O) groups is 1. The molecule has 0 aromatic rings. The van der Waals surface area contributed by atoms with E-state index in [9.17, 15) is 9.90 Å². The lowest BCUT2D eigenvalue weighted by molar-refractivity contribution is -0.132. The number of hydrogen-bond donors (Lipinski definition) is 1. The van der Waals surface area contributed by atoms with E-state index in [1.807, 2.05) is 0 Å². The highest BCUT2D eigenvalue weighted by Crippen LogP contribution is 2.65. The molecule has 0 spiro atoms. The van der Waals surface area contributed by atoms with Crippen LogP contribution in [0.15, 0.2) is 10.6 Å². The van der Waals surface area contributed by atoms with Crippen LogP contribution in [0.1, 0.15) is 65.2 Å². The molecule has 4 aliphatic rings. The largest absolute Gasteiger partial charge is 0.388 e. The Morgan fingerprint density at radius 3 is 2.45 bits per heavy atom. The third kappa shape index (κ3) is 1.80. The van der Waals surface area contributed by atoms with Crippen LogP contribution < -0.4 is 0 Å². The highest BCUT2D eigenvalue weighted by molar-refractivity contribution is 6.30. The molecule has 0 saturated heterocycles. The zero-order chi connectivity index (χ0) is 15.7. The summed E-state index contributed by atoms with van der Waals surface area (Å²) in [5.41, 5.74) is 1.45. The molecule has 4 unspecified atom stereocenters. The minimum Gasteiger partial charge on any atom is -0.388 e. The van der Waals surface area contributed by atoms with Crippen molar-refractivity contribution in [2.45, 2.75) is 71.3 Å². The fourth-order valence-electron chi connectivity index (χ4n) is 6.57. The quantitative estimate of drug-likeness (QED) is 0.715. The number of hydrogen-bond acceptors (Lipinski definition) is 2. The lowest BCUT2D eigenvalue weighted by atomic mass is 9.47. The molecular weight excluding hydrogens is 296 g/mol. The van der Waals surface area contributed by atoms with Gasteiger partial charge in [0.15, 0.2) is 0 Å². The Morgan fingerprint density at radius 2 is 1.68 bits per heavy atom. The first-order chi connectivity index (χ1) is 10.4. The van der Waals surface area contributed by atoms with Crippen LogP contribution in [0.5, 0.6) is 0 Å². The molecule has 3 saturated carbocycles. The van der Waals surface area contributed by atoms with E-state index in [4.69, 9.17) is 11.6 Å². The zero-order valence-electron chi connectivity index (χ0n) is 13.7. The van der Waals surface area contributed by atoms with Gasteiger partial charge < -0.3 is 5.11 Å². The Kier molecular flexibility index (Phi) is 3.34. The summed E-state index contributed by atoms with van der Waals surface area (Å²) in [6.07, 6.45) is 7.69. The third-order valence-corrected chi connectivity index (χ3v) is 8.38. The Morgan fingerprint density at radius 1 is 1.00 bits per heavy atom. The summed E-state index contributed by atoms with van der Waals surface area (Å²) in [6.45, 7) is 4.61. The molecule has 3 heteroatoms. The van der Waals surface area contributed by atoms with Gasteiger partial charge >= 0.3 is 0 Å². The standard InChI is InChI=1S/C19H27ClO2/c1-18-10-8-15(21)17(20)14(18)4-3-11-12-5-6-16(22)19(12,2)9-7-13(11)18/h11-13,15,21H,3-10H2,1-2H3/t11?,12?,13?,15?,18-,19+/m1/s1. The van der Waals surface area contributed by atoms with Crippen LogP contribution >= 0.6 is 11.6 Å². The van der Waals surface area contributed by atoms with Crippen molar-refractivity contribution in [3.05, 3.63) is 10.6 Å². The van der Waals surface area contributed by atoms with Gasteiger partial charge in [0.2, 0.25) is 0 Å². The molecule has 4 rings (SSSR count). The van der Waals surface area contributed by atoms with Crippen LogP contribution in [0.25, 0.3) is 0 Å². The van der Waals surface area contributed by atoms with Crippen LogP contribution in [0.2, 0.25) is 0 Å². The zero-order valence-corrected chi connectivity index (χ0v) is 14.5. The number of rotatable bonds is 0. The predicted octanol–water partition coefficient (Wildman–Crippen LogP) is 4.45. The third-order valence-electron chi connectivity index (χ3n) is 7.90. The number of carbonyl (C=O) groups excluding carboxylic acids is 1. The van der Waals surface area contributed by atoms with Crippen molar-refractivity contribution in [3.8, 4) is 0 Å². The van der Waals surface area contributed by atoms with Crippen molar-refractivity contribution >= 4 is 17.4 Å². The van der Waals surface area contributed by atoms with Crippen LogP contribution in [0.3, 0.4) is 0 Å². The fraction of sp³-hybridized carbons (Fsp3) is 0.842. The van der Waals surface area contributed by atoms with Gasteiger partial charge in [0, 0.05) is 16.9 Å². The van der Waals surface area contributed by atoms with Gasteiger partial charge in [-0.05, 0) is 73.7 Å². The molecule has 0 heterocycles. The van der Waals surface area contributed by atoms with E-state index in [0.717, 1.165) is 56.4 Å². The summed E-state index contributed by atoms with van der Waals surface area (Å²) < 4.78 is 0. The number of aliphatic hydroxyl groups is 1. The molecule has 2 nitrogen and oxygen atoms in total. The summed E-state index contributed by atoms with van der Waals surface area (Å²) in [7, 11) is 0. The van der Waals surface area contributed by atoms with E-state index in [1.54, 1.807) is 0 Å². The molecule has 0 amide bonds. The van der Waals surface area contributed by atoms with Gasteiger partial charge in [-0.2, -0.15) is 0 Å². The lowest BCUT2D eigenvalue weighted by Gasteiger charge is -2.57. The second-order valence-corrected chi connectivity index (χ2v) is 9.04. The molecule has 0 radical (unpaired) electrons. The SMILES string of the molecule is C[C@]12CCC(O)C(Cl)=C1CCC1C2CC[C@]2(C)C(=O)CCC12. The maximum Gasteiger partial charge on any atom is 0.139 e. The summed E-state index contributed by atoms with van der Waals surface area (Å²) in [6, 6.07) is 0. The molecular formula is C19H27ClO2. The minimum atomic E-state index is -0.441. The number of fused-ring (bicyclic) bond motifs is 5. The molecule has 6 atom stereocenters. The van der Waals surface area contributed by atoms with E-state index in [-0.39, 0.29) is 10.8 Å². The molecule has 4 aliphatic carbocycles. The minimum absolute atomic E-state index is 0.0449. The smallest absolute Gasteiger partial charge is 0.139 e. The first-order valence-corrected chi connectivity index (χ1v) is 9.36. The van der Waals surface area contributed by atoms with Crippen molar-refractivity contribution in [1.29, 1.82) is 0 Å². The van der Waals surface area contributed by atoms with E-state index in [1.165, 1.54) is 5.57 Å². The normalized spacial score (nSPS) is 51.4. The number of ketones is 1. The van der Waals surface area contributed by atoms with Crippen LogP contribution in [-0.2, 0) is 4.79 Å². The molecule has 3 fully saturated rings. The van der Waals surface area contributed by atoms with Crippen molar-refractivity contribution in [1.82, 2.24) is 0 Å². The molecule has 0 aliphatic heterocycles. The van der Waals surface area contributed by atoms with E-state index in [2.05, 4.69) is 13.8 Å². The first-order valence-electron chi connectivity index (χ1n) is 8.98. The van der Waals surface area contributed by atoms with Crippen molar-refractivity contribution < 1.29 is 9.90 Å². The topological polar surface area (TPSA) is 37.3 Å². The summed E-state index contributed by atoms with van der Waals surface area (Å²) in [5, 5.41) is 10.9. The summed E-state index contributed by atoms with van der Waals surface area (Å²) in [4.78, 5) is 12.4. The summed E-state index contributed by atoms with van der Waals surface area (Å²) in [5.74, 6) is 2.43. The van der Waals surface area contributed by atoms with Crippen molar-refractivity contribution in [2.75, 3.05) is 0 Å². The van der Waals surface area contributed by atoms with Gasteiger partial charge in [0.05, 0.1) is 6.10 Å². The first kappa shape index (κ1) is 15.2. The van der Waals surface area contributed by atoms with E-state index in [0.29, 0.717) is 23.5 Å². The number of aliphatic hydroxyl groups excluding tert-OH is 1. The molecule has 0 aromatic carbocycles. The second-order valence-electron chi connectivity index (χ2n) is 8.63. The van der Waals surface area contributed by atoms with E-state index < -0.39 is 6.10 Å². The molecule has 22 heavy (non-hydrogen) atoms. The lowest BCUT2D eigenvalue weighted by Crippen LogP contribution is -2.51. The van der Waals surface area contributed by atoms with E-state index >= 15 is 0 Å². The van der Waals surface area contributed by atoms with Crippen LogP contribution in [-0.4, -0.2) is 17.0 Å². The Labute approximate surface area is 138 Å². The molecule has 122 valence electrons. The fourth-order valence-corrected chi connectivity index (χ4v) is 6.98. The number of allylic oxidation sites excluding steroid dienone is 1. The highest BCUT2D eigenvalue weighted by atomic mass is 35.5. The maximum atomic E-state index is 12.4. The van der Waals surface area contributed by atoms with Crippen LogP contribution in [0.4, 0.5) is 0 Å². The second kappa shape index (κ2) is 4.83. The van der Waals surface area contributed by atoms with Gasteiger partial charge in [-0.1, -0.05) is 25.4 Å². The average molecular weight is 323 g/mol. The van der Waals surface area contributed by atoms with Crippen LogP contribution in [0, 0.1) is 28.6 Å². The van der Waals surface area contributed by atoms with Gasteiger partial charge in [-0.3, -0.25) is 4.79 Å². The predicted molar refractivity (Wildman–Crippen MR) is 87.5 cm³/mol. The van der Waals surface area contributed by atoms with Gasteiger partial charge in [-0.15, -0.1) is 0 Å². The monoisotopic (exact) mass is 322 g/mol. The molecule has 1 N–H and O–H groups in total. The number of halogens is 1. The maximum absolute atomic E-state index is 12.4. The Bertz CT molecular complexity index is 554. The van der Waals surface area contributed by atoms with Gasteiger partial charge in [-0.25, -0.2) is 0 Å². The van der Waals surface area contributed by atoms with Gasteiger partial charge in [0.25, 0.3) is 0 Å². The number of Topliss-reactive ketones (excluding diaryl/α,β-unsaturated/α-hetero) is 1. The Hall–Kier alpha value is -0.340. The summed E-state index contributed by atoms with van der Waals surface area (Å²) >= 11 is 6.50. The average Bonchev–Trinajstić information content (AvgIpc) is 2.79. The van der Waals surface area contributed by atoms with Gasteiger partial charge in [0.1, 0.15) is 5.78 Å².